The van der Waals surface area contributed by atoms with Gasteiger partial charge in [0.05, 0.1) is 18.3 Å². The summed E-state index contributed by atoms with van der Waals surface area (Å²) in [6, 6.07) is 20.6. The quantitative estimate of drug-likeness (QED) is 0.245. The molecule has 3 N–H and O–H groups in total. The Bertz CT molecular complexity index is 2000. The summed E-state index contributed by atoms with van der Waals surface area (Å²) in [4.78, 5) is 32.5. The number of hydrogen-bond donors (Lipinski definition) is 2. The first-order valence-electron chi connectivity index (χ1n) is 15.9. The second-order valence-corrected chi connectivity index (χ2v) is 13.1. The van der Waals surface area contributed by atoms with Crippen molar-refractivity contribution in [1.82, 2.24) is 19.0 Å². The number of hydrogen-bond acceptors (Lipinski definition) is 5. The summed E-state index contributed by atoms with van der Waals surface area (Å²) < 4.78 is 10.4. The number of carbonyl (C=O) groups is 2. The minimum Gasteiger partial charge on any atom is -0.494 e. The summed E-state index contributed by atoms with van der Waals surface area (Å²) in [5, 5.41) is 4.03. The second kappa shape index (κ2) is 10.5. The van der Waals surface area contributed by atoms with Crippen LogP contribution in [0.2, 0.25) is 0 Å². The molecule has 3 aliphatic rings. The monoisotopic (exact) mass is 602 g/mol. The number of ether oxygens (including phenoxy) is 1. The number of nitrogens with two attached hydrogens (primary N) is 1. The van der Waals surface area contributed by atoms with E-state index in [1.165, 1.54) is 19.8 Å². The van der Waals surface area contributed by atoms with Crippen LogP contribution in [0.3, 0.4) is 0 Å². The van der Waals surface area contributed by atoms with Crippen molar-refractivity contribution in [1.29, 1.82) is 0 Å². The molecule has 1 aliphatic heterocycles. The first-order chi connectivity index (χ1) is 21.8. The summed E-state index contributed by atoms with van der Waals surface area (Å²) in [5.74, 6) is 2.41. The van der Waals surface area contributed by atoms with Crippen molar-refractivity contribution < 1.29 is 14.3 Å². The number of fused-ring (bicyclic) bond motifs is 4. The van der Waals surface area contributed by atoms with E-state index in [1.54, 1.807) is 7.11 Å². The molecule has 0 spiro atoms. The highest BCUT2D eigenvalue weighted by Crippen LogP contribution is 2.41. The lowest BCUT2D eigenvalue weighted by molar-refractivity contribution is -0.114. The van der Waals surface area contributed by atoms with Crippen molar-refractivity contribution in [2.45, 2.75) is 51.2 Å². The first-order valence-corrected chi connectivity index (χ1v) is 15.9. The van der Waals surface area contributed by atoms with E-state index in [0.717, 1.165) is 76.2 Å². The third-order valence-corrected chi connectivity index (χ3v) is 10.1. The molecule has 9 heteroatoms. The lowest BCUT2D eigenvalue weighted by Gasteiger charge is -2.27. The maximum atomic E-state index is 13.7. The molecule has 3 aromatic carbocycles. The summed E-state index contributed by atoms with van der Waals surface area (Å²) >= 11 is 0. The zero-order chi connectivity index (χ0) is 31.0. The van der Waals surface area contributed by atoms with Crippen molar-refractivity contribution in [2.75, 3.05) is 19.0 Å². The van der Waals surface area contributed by atoms with Crippen molar-refractivity contribution in [3.8, 4) is 28.4 Å². The number of likely N-dealkylation sites (tertiary alicyclic amines) is 1. The van der Waals surface area contributed by atoms with Crippen LogP contribution in [0, 0.1) is 11.8 Å². The second-order valence-electron chi connectivity index (χ2n) is 13.1. The van der Waals surface area contributed by atoms with Crippen molar-refractivity contribution >= 4 is 39.4 Å². The molecule has 3 heterocycles. The minimum atomic E-state index is -0.0895. The Hall–Kier alpha value is -4.63. The Morgan fingerprint density at radius 2 is 1.84 bits per heavy atom. The molecule has 8 rings (SSSR count). The van der Waals surface area contributed by atoms with Gasteiger partial charge in [-0.3, -0.25) is 9.59 Å². The van der Waals surface area contributed by atoms with Crippen molar-refractivity contribution in [3.05, 3.63) is 66.2 Å². The van der Waals surface area contributed by atoms with Crippen molar-refractivity contribution in [3.63, 3.8) is 0 Å². The van der Waals surface area contributed by atoms with Crippen LogP contribution < -0.4 is 15.8 Å². The van der Waals surface area contributed by atoms with Gasteiger partial charge in [0, 0.05) is 61.3 Å². The Morgan fingerprint density at radius 1 is 1.02 bits per heavy atom. The van der Waals surface area contributed by atoms with Gasteiger partial charge in [-0.2, -0.15) is 0 Å². The Balaban J connectivity index is 1.22. The Labute approximate surface area is 262 Å². The number of nitrogens with zero attached hydrogens (tertiary/aromatic N) is 4. The van der Waals surface area contributed by atoms with Crippen LogP contribution in [0.5, 0.6) is 5.75 Å². The van der Waals surface area contributed by atoms with E-state index in [1.807, 2.05) is 42.3 Å². The lowest BCUT2D eigenvalue weighted by atomic mass is 10.0. The number of nitrogens with one attached hydrogen (secondary N) is 1. The molecule has 0 radical (unpaired) electrons. The number of aryl methyl sites for hydroxylation is 1. The number of anilines is 1. The van der Waals surface area contributed by atoms with Gasteiger partial charge in [-0.1, -0.05) is 24.3 Å². The highest BCUT2D eigenvalue weighted by molar-refractivity contribution is 6.01. The average Bonchev–Trinajstić information content (AvgIpc) is 3.44. The summed E-state index contributed by atoms with van der Waals surface area (Å²) in [6.07, 6.45) is 4.52. The van der Waals surface area contributed by atoms with Crippen LogP contribution in [-0.4, -0.2) is 56.6 Å². The standard InChI is InChI=1S/C36H38N6O3/c1-20(43)38-27-6-4-5-22(13-27)23-9-10-24-16-31(41(30(24)15-23)18-21-7-8-21)35-39-28-14-26(17-32(45-3)34(28)40(35)2)36(44)42-19-25-11-12-29(42)33(25)37/h4-6,9-10,13-17,21,25,29,33H,7-8,11-12,18-19,37H2,1-3H3,(H,38,43)/t25-,29-,33-/m1/s1. The smallest absolute Gasteiger partial charge is 0.254 e. The van der Waals surface area contributed by atoms with E-state index in [0.29, 0.717) is 23.1 Å². The third-order valence-electron chi connectivity index (χ3n) is 10.1. The SMILES string of the molecule is COc1cc(C(=O)N2C[C@H]3CC[C@@H]2[C@@H]3N)cc2nc(-c3cc4ccc(-c5cccc(NC(C)=O)c5)cc4n3CC3CC3)n(C)c12. The average molecular weight is 603 g/mol. The number of piperidine rings is 1. The van der Waals surface area contributed by atoms with E-state index < -0.39 is 0 Å². The molecule has 2 aliphatic carbocycles. The molecule has 1 saturated heterocycles. The van der Waals surface area contributed by atoms with Gasteiger partial charge in [0.1, 0.15) is 11.3 Å². The van der Waals surface area contributed by atoms with Gasteiger partial charge in [-0.05, 0) is 85.0 Å². The largest absolute Gasteiger partial charge is 0.494 e. The highest BCUT2D eigenvalue weighted by atomic mass is 16.5. The van der Waals surface area contributed by atoms with Gasteiger partial charge >= 0.3 is 0 Å². The van der Waals surface area contributed by atoms with E-state index in [-0.39, 0.29) is 23.9 Å². The van der Waals surface area contributed by atoms with E-state index >= 15 is 0 Å². The number of aromatic nitrogens is 3. The molecule has 230 valence electrons. The lowest BCUT2D eigenvalue weighted by Crippen LogP contribution is -2.41. The molecule has 5 aromatic rings. The molecule has 9 nitrogen and oxygen atoms in total. The van der Waals surface area contributed by atoms with E-state index in [4.69, 9.17) is 15.5 Å². The van der Waals surface area contributed by atoms with Gasteiger partial charge < -0.3 is 29.8 Å². The summed E-state index contributed by atoms with van der Waals surface area (Å²) in [5.41, 5.74) is 13.7. The number of benzene rings is 3. The number of methoxy groups -OCH3 is 1. The number of rotatable bonds is 7. The molecular weight excluding hydrogens is 564 g/mol. The van der Waals surface area contributed by atoms with Crippen LogP contribution in [0.4, 0.5) is 5.69 Å². The maximum absolute atomic E-state index is 13.7. The first kappa shape index (κ1) is 27.9. The normalized spacial score (nSPS) is 20.8. The topological polar surface area (TPSA) is 107 Å². The predicted octanol–water partition coefficient (Wildman–Crippen LogP) is 5.80. The maximum Gasteiger partial charge on any atom is 0.254 e. The van der Waals surface area contributed by atoms with Crippen LogP contribution in [0.15, 0.2) is 60.7 Å². The number of amides is 2. The van der Waals surface area contributed by atoms with E-state index in [2.05, 4.69) is 44.8 Å². The fourth-order valence-corrected chi connectivity index (χ4v) is 7.62. The Morgan fingerprint density at radius 3 is 2.56 bits per heavy atom. The van der Waals surface area contributed by atoms with E-state index in [9.17, 15) is 9.59 Å². The van der Waals surface area contributed by atoms with Gasteiger partial charge in [-0.15, -0.1) is 0 Å². The van der Waals surface area contributed by atoms with Crippen molar-refractivity contribution in [2.24, 2.45) is 24.6 Å². The summed E-state index contributed by atoms with van der Waals surface area (Å²) in [7, 11) is 3.67. The molecule has 2 amide bonds. The minimum absolute atomic E-state index is 0.00278. The molecule has 0 unspecified atom stereocenters. The molecular formula is C36H38N6O3. The third kappa shape index (κ3) is 4.68. The zero-order valence-electron chi connectivity index (χ0n) is 25.9. The zero-order valence-corrected chi connectivity index (χ0v) is 25.9. The fourth-order valence-electron chi connectivity index (χ4n) is 7.62. The Kier molecular flexibility index (Phi) is 6.49. The molecule has 2 bridgehead atoms. The fraction of sp³-hybridized carbons (Fsp3) is 0.361. The molecule has 45 heavy (non-hydrogen) atoms. The predicted molar refractivity (Wildman–Crippen MR) is 176 cm³/mol. The summed E-state index contributed by atoms with van der Waals surface area (Å²) in [6.45, 7) is 3.16. The van der Waals surface area contributed by atoms with Crippen LogP contribution in [-0.2, 0) is 18.4 Å². The molecule has 3 fully saturated rings. The van der Waals surface area contributed by atoms with Gasteiger partial charge in [0.2, 0.25) is 5.91 Å². The van der Waals surface area contributed by atoms with Gasteiger partial charge in [0.25, 0.3) is 5.91 Å². The van der Waals surface area contributed by atoms with Crippen LogP contribution in [0.25, 0.3) is 44.6 Å². The van der Waals surface area contributed by atoms with Gasteiger partial charge in [-0.25, -0.2) is 4.98 Å². The van der Waals surface area contributed by atoms with Gasteiger partial charge in [0.15, 0.2) is 5.82 Å². The van der Waals surface area contributed by atoms with Crippen LogP contribution in [0.1, 0.15) is 43.0 Å². The van der Waals surface area contributed by atoms with Crippen LogP contribution >= 0.6 is 0 Å². The highest BCUT2D eigenvalue weighted by Gasteiger charge is 2.47. The number of carbonyl (C=O) groups excluding carboxylic acids is 2. The molecule has 3 atom stereocenters. The molecule has 2 aromatic heterocycles. The number of imidazole rings is 1. The molecule has 2 saturated carbocycles.